The summed E-state index contributed by atoms with van der Waals surface area (Å²) in [5.41, 5.74) is -0.524. The molecule has 1 aliphatic rings. The van der Waals surface area contributed by atoms with Crippen molar-refractivity contribution < 1.29 is 36.7 Å². The lowest BCUT2D eigenvalue weighted by Gasteiger charge is -2.31. The molecule has 2 unspecified atom stereocenters. The topological polar surface area (TPSA) is 111 Å². The number of benzene rings is 2. The average Bonchev–Trinajstić information content (AvgIpc) is 3.11. The molecular formula is C22H18F3N3O6. The molecule has 0 saturated carbocycles. The zero-order valence-electron chi connectivity index (χ0n) is 17.9. The third kappa shape index (κ3) is 4.14. The normalized spacial score (nSPS) is 15.4. The number of carbonyl (C=O) groups excluding carboxylic acids is 3. The average molecular weight is 477 g/mol. The summed E-state index contributed by atoms with van der Waals surface area (Å²) in [6.07, 6.45) is -6.04. The van der Waals surface area contributed by atoms with Gasteiger partial charge in [0, 0.05) is 0 Å². The molecule has 1 N–H and O–H groups in total. The first-order valence-corrected chi connectivity index (χ1v) is 10.1. The van der Waals surface area contributed by atoms with Gasteiger partial charge in [0.05, 0.1) is 22.5 Å². The number of alkyl halides is 3. The van der Waals surface area contributed by atoms with Crippen molar-refractivity contribution in [2.24, 2.45) is 0 Å². The fourth-order valence-corrected chi connectivity index (χ4v) is 3.66. The van der Waals surface area contributed by atoms with Gasteiger partial charge in [0.25, 0.3) is 5.91 Å². The van der Waals surface area contributed by atoms with Crippen molar-refractivity contribution in [3.05, 3.63) is 58.6 Å². The van der Waals surface area contributed by atoms with Gasteiger partial charge >= 0.3 is 17.9 Å². The van der Waals surface area contributed by atoms with Gasteiger partial charge in [-0.3, -0.25) is 19.1 Å². The van der Waals surface area contributed by atoms with E-state index in [1.807, 2.05) is 0 Å². The van der Waals surface area contributed by atoms with Gasteiger partial charge in [0.2, 0.25) is 5.91 Å². The highest BCUT2D eigenvalue weighted by molar-refractivity contribution is 6.11. The first-order valence-electron chi connectivity index (χ1n) is 10.1. The van der Waals surface area contributed by atoms with E-state index in [0.717, 1.165) is 27.7 Å². The predicted octanol–water partition coefficient (Wildman–Crippen LogP) is 3.09. The number of nitrogens with one attached hydrogen (secondary N) is 1. The molecule has 1 aromatic heterocycles. The number of para-hydroxylation sites is 2. The summed E-state index contributed by atoms with van der Waals surface area (Å²) in [5, 5.41) is 2.31. The van der Waals surface area contributed by atoms with E-state index in [-0.39, 0.29) is 17.0 Å². The van der Waals surface area contributed by atoms with Gasteiger partial charge in [0.15, 0.2) is 11.7 Å². The molecule has 34 heavy (non-hydrogen) atoms. The quantitative estimate of drug-likeness (QED) is 0.579. The zero-order chi connectivity index (χ0) is 24.8. The van der Waals surface area contributed by atoms with Gasteiger partial charge in [-0.15, -0.1) is 0 Å². The fourth-order valence-electron chi connectivity index (χ4n) is 3.66. The molecule has 12 heteroatoms. The second-order valence-electron chi connectivity index (χ2n) is 7.66. The highest BCUT2D eigenvalue weighted by Crippen LogP contribution is 2.37. The van der Waals surface area contributed by atoms with Gasteiger partial charge in [0.1, 0.15) is 12.6 Å². The number of aromatic nitrogens is 1. The lowest BCUT2D eigenvalue weighted by molar-refractivity contribution is -0.156. The van der Waals surface area contributed by atoms with Crippen LogP contribution in [0.15, 0.2) is 51.7 Å². The Bertz CT molecular complexity index is 1360. The van der Waals surface area contributed by atoms with E-state index in [9.17, 15) is 32.3 Å². The summed E-state index contributed by atoms with van der Waals surface area (Å²) in [5.74, 6) is -3.22. The lowest BCUT2D eigenvalue weighted by atomic mass is 10.1. The first-order chi connectivity index (χ1) is 16.0. The van der Waals surface area contributed by atoms with Crippen LogP contribution in [0.25, 0.3) is 11.1 Å². The largest absolute Gasteiger partial charge is 0.451 e. The van der Waals surface area contributed by atoms with Gasteiger partial charge in [-0.05, 0) is 44.2 Å². The smallest absolute Gasteiger partial charge is 0.420 e. The van der Waals surface area contributed by atoms with Crippen LogP contribution >= 0.6 is 0 Å². The van der Waals surface area contributed by atoms with Crippen LogP contribution in [0.4, 0.5) is 24.5 Å². The molecule has 1 aliphatic heterocycles. The molecule has 2 atom stereocenters. The third-order valence-corrected chi connectivity index (χ3v) is 5.34. The Hall–Kier alpha value is -4.09. The van der Waals surface area contributed by atoms with Crippen LogP contribution in [0.1, 0.15) is 25.5 Å². The van der Waals surface area contributed by atoms with E-state index in [2.05, 4.69) is 5.32 Å². The van der Waals surface area contributed by atoms with Crippen LogP contribution in [0.3, 0.4) is 0 Å². The Morgan fingerprint density at radius 2 is 1.82 bits per heavy atom. The molecule has 0 saturated heterocycles. The predicted molar refractivity (Wildman–Crippen MR) is 113 cm³/mol. The minimum Gasteiger partial charge on any atom is -0.451 e. The molecule has 4 rings (SSSR count). The van der Waals surface area contributed by atoms with Crippen molar-refractivity contribution in [3.63, 3.8) is 0 Å². The van der Waals surface area contributed by atoms with Crippen LogP contribution < -0.4 is 16.0 Å². The molecule has 178 valence electrons. The molecule has 0 fully saturated rings. The highest BCUT2D eigenvalue weighted by atomic mass is 19.4. The molecule has 2 heterocycles. The van der Waals surface area contributed by atoms with Crippen LogP contribution in [0, 0.1) is 0 Å². The van der Waals surface area contributed by atoms with Crippen LogP contribution in [-0.2, 0) is 25.3 Å². The van der Waals surface area contributed by atoms with Crippen LogP contribution in [0.5, 0.6) is 0 Å². The molecule has 9 nitrogen and oxygen atoms in total. The number of fused-ring (bicyclic) bond motifs is 2. The van der Waals surface area contributed by atoms with Gasteiger partial charge in [-0.1, -0.05) is 12.1 Å². The van der Waals surface area contributed by atoms with Crippen molar-refractivity contribution >= 4 is 40.3 Å². The van der Waals surface area contributed by atoms with Crippen LogP contribution in [-0.4, -0.2) is 35.0 Å². The van der Waals surface area contributed by atoms with Gasteiger partial charge in [-0.2, -0.15) is 13.2 Å². The Kier molecular flexibility index (Phi) is 5.67. The number of oxazole rings is 1. The Morgan fingerprint density at radius 3 is 2.53 bits per heavy atom. The summed E-state index contributed by atoms with van der Waals surface area (Å²) < 4.78 is 50.5. The maximum atomic E-state index is 13.0. The Labute approximate surface area is 189 Å². The van der Waals surface area contributed by atoms with E-state index >= 15 is 0 Å². The first kappa shape index (κ1) is 23.1. The molecule has 0 aliphatic carbocycles. The second kappa shape index (κ2) is 8.36. The number of carbonyl (C=O) groups is 3. The molecule has 2 amide bonds. The maximum absolute atomic E-state index is 13.0. The fraction of sp³-hybridized carbons (Fsp3) is 0.273. The molecule has 2 aromatic carbocycles. The number of rotatable bonds is 4. The maximum Gasteiger partial charge on any atom is 0.420 e. The van der Waals surface area contributed by atoms with Crippen molar-refractivity contribution in [3.8, 4) is 0 Å². The minimum atomic E-state index is -4.64. The number of halogens is 3. The number of nitrogens with zero attached hydrogens (tertiary/aromatic N) is 2. The number of hydrogen-bond donors (Lipinski definition) is 1. The van der Waals surface area contributed by atoms with Crippen LogP contribution in [0.2, 0.25) is 0 Å². The second-order valence-corrected chi connectivity index (χ2v) is 7.66. The third-order valence-electron chi connectivity index (χ3n) is 5.34. The molecule has 3 aromatic rings. The molecule has 0 bridgehead atoms. The Balaban J connectivity index is 1.55. The van der Waals surface area contributed by atoms with Crippen molar-refractivity contribution in [2.45, 2.75) is 32.2 Å². The van der Waals surface area contributed by atoms with Crippen molar-refractivity contribution in [1.82, 2.24) is 4.57 Å². The molecular weight excluding hydrogens is 459 g/mol. The molecule has 0 spiro atoms. The summed E-state index contributed by atoms with van der Waals surface area (Å²) in [6.45, 7) is 2.19. The SMILES string of the molecule is CC(OC(=O)C(C)n1c(=O)oc2ccccc21)C(=O)N1CC(=O)Nc2cc(C(F)(F)F)ccc21. The number of hydrogen-bond acceptors (Lipinski definition) is 6. The van der Waals surface area contributed by atoms with E-state index in [0.29, 0.717) is 5.52 Å². The van der Waals surface area contributed by atoms with E-state index in [4.69, 9.17) is 9.15 Å². The Morgan fingerprint density at radius 1 is 1.12 bits per heavy atom. The number of amides is 2. The van der Waals surface area contributed by atoms with E-state index in [1.54, 1.807) is 24.3 Å². The van der Waals surface area contributed by atoms with Gasteiger partial charge in [-0.25, -0.2) is 9.59 Å². The summed E-state index contributed by atoms with van der Waals surface area (Å²) in [6, 6.07) is 7.87. The monoisotopic (exact) mass is 477 g/mol. The van der Waals surface area contributed by atoms with Gasteiger partial charge < -0.3 is 14.5 Å². The summed E-state index contributed by atoms with van der Waals surface area (Å²) in [7, 11) is 0. The number of anilines is 2. The standard InChI is InChI=1S/C22H18F3N3O6/c1-11(28-16-5-3-4-6-17(16)34-21(28)32)20(31)33-12(2)19(30)27-10-18(29)26-14-9-13(22(23,24)25)7-8-15(14)27/h3-9,11-12H,10H2,1-2H3,(H,26,29). The highest BCUT2D eigenvalue weighted by Gasteiger charge is 2.36. The summed E-state index contributed by atoms with van der Waals surface area (Å²) in [4.78, 5) is 50.9. The van der Waals surface area contributed by atoms with E-state index in [1.165, 1.54) is 13.8 Å². The van der Waals surface area contributed by atoms with Crippen molar-refractivity contribution in [2.75, 3.05) is 16.8 Å². The number of esters is 1. The lowest BCUT2D eigenvalue weighted by Crippen LogP contribution is -2.47. The molecule has 0 radical (unpaired) electrons. The zero-order valence-corrected chi connectivity index (χ0v) is 17.9. The minimum absolute atomic E-state index is 0.0330. The van der Waals surface area contributed by atoms with Crippen molar-refractivity contribution in [1.29, 1.82) is 0 Å². The number of ether oxygens (including phenoxy) is 1. The summed E-state index contributed by atoms with van der Waals surface area (Å²) >= 11 is 0. The van der Waals surface area contributed by atoms with E-state index < -0.39 is 54.0 Å².